The molecule has 1 N–H and O–H groups in total. The summed E-state index contributed by atoms with van der Waals surface area (Å²) < 4.78 is 6.69. The second-order valence-corrected chi connectivity index (χ2v) is 7.09. The van der Waals surface area contributed by atoms with Gasteiger partial charge in [0.05, 0.1) is 12.6 Å². The van der Waals surface area contributed by atoms with Crippen LogP contribution in [-0.4, -0.2) is 12.1 Å². The number of carbonyl (C=O) groups excluding carboxylic acids is 1. The standard InChI is InChI=1S/C20H16BrClN2O2/c1-13-2-5-15(11-18(13)22)19-9-8-17(26-19)12-23-24-20(25)10-14-3-6-16(21)7-4-14/h2-9,11-12H,10H2,1H3,(H,24,25)/b23-12+. The number of halogens is 2. The Morgan fingerprint density at radius 1 is 1.19 bits per heavy atom. The molecule has 1 aromatic heterocycles. The lowest BCUT2D eigenvalue weighted by Crippen LogP contribution is -2.19. The average molecular weight is 432 g/mol. The number of carbonyl (C=O) groups is 1. The van der Waals surface area contributed by atoms with Crippen molar-refractivity contribution in [1.82, 2.24) is 5.43 Å². The summed E-state index contributed by atoms with van der Waals surface area (Å²) in [6, 6.07) is 16.9. The molecule has 0 saturated heterocycles. The van der Waals surface area contributed by atoms with Crippen molar-refractivity contribution in [2.75, 3.05) is 0 Å². The number of nitrogens with one attached hydrogen (secondary N) is 1. The minimum Gasteiger partial charge on any atom is -0.455 e. The van der Waals surface area contributed by atoms with Crippen LogP contribution in [0, 0.1) is 6.92 Å². The monoisotopic (exact) mass is 430 g/mol. The van der Waals surface area contributed by atoms with Gasteiger partial charge >= 0.3 is 0 Å². The van der Waals surface area contributed by atoms with Crippen molar-refractivity contribution in [1.29, 1.82) is 0 Å². The van der Waals surface area contributed by atoms with Gasteiger partial charge in [-0.15, -0.1) is 0 Å². The van der Waals surface area contributed by atoms with Crippen molar-refractivity contribution in [2.45, 2.75) is 13.3 Å². The van der Waals surface area contributed by atoms with Gasteiger partial charge in [-0.25, -0.2) is 5.43 Å². The fourth-order valence-corrected chi connectivity index (χ4v) is 2.76. The summed E-state index contributed by atoms with van der Waals surface area (Å²) in [7, 11) is 0. The van der Waals surface area contributed by atoms with Gasteiger partial charge in [0.1, 0.15) is 11.5 Å². The molecule has 0 aliphatic rings. The summed E-state index contributed by atoms with van der Waals surface area (Å²) in [5.41, 5.74) is 5.31. The highest BCUT2D eigenvalue weighted by molar-refractivity contribution is 9.10. The molecule has 0 unspecified atom stereocenters. The lowest BCUT2D eigenvalue weighted by Gasteiger charge is -2.01. The zero-order chi connectivity index (χ0) is 18.5. The van der Waals surface area contributed by atoms with E-state index in [1.807, 2.05) is 55.5 Å². The number of hydrazone groups is 1. The van der Waals surface area contributed by atoms with Gasteiger partial charge in [-0.05, 0) is 48.4 Å². The van der Waals surface area contributed by atoms with E-state index in [0.29, 0.717) is 16.5 Å². The number of amides is 1. The molecule has 0 fully saturated rings. The first kappa shape index (κ1) is 18.4. The van der Waals surface area contributed by atoms with Gasteiger partial charge in [0.15, 0.2) is 0 Å². The predicted molar refractivity (Wildman–Crippen MR) is 107 cm³/mol. The van der Waals surface area contributed by atoms with Crippen molar-refractivity contribution in [3.05, 3.63) is 81.0 Å². The Kier molecular flexibility index (Phi) is 5.91. The Balaban J connectivity index is 1.59. The molecule has 3 rings (SSSR count). The maximum Gasteiger partial charge on any atom is 0.244 e. The fourth-order valence-electron chi connectivity index (χ4n) is 2.32. The minimum absolute atomic E-state index is 0.194. The number of aryl methyl sites for hydroxylation is 1. The molecule has 0 radical (unpaired) electrons. The van der Waals surface area contributed by atoms with Gasteiger partial charge < -0.3 is 4.42 Å². The molecule has 1 heterocycles. The quantitative estimate of drug-likeness (QED) is 0.436. The SMILES string of the molecule is Cc1ccc(-c2ccc(/C=N/NC(=O)Cc3ccc(Br)cc3)o2)cc1Cl. The Morgan fingerprint density at radius 3 is 2.69 bits per heavy atom. The highest BCUT2D eigenvalue weighted by Crippen LogP contribution is 2.26. The maximum atomic E-state index is 11.9. The van der Waals surface area contributed by atoms with Crippen molar-refractivity contribution in [3.63, 3.8) is 0 Å². The summed E-state index contributed by atoms with van der Waals surface area (Å²) in [5, 5.41) is 4.63. The molecule has 6 heteroatoms. The van der Waals surface area contributed by atoms with Crippen LogP contribution >= 0.6 is 27.5 Å². The van der Waals surface area contributed by atoms with Gasteiger partial charge in [0, 0.05) is 15.1 Å². The van der Waals surface area contributed by atoms with Crippen LogP contribution in [-0.2, 0) is 11.2 Å². The Hall–Kier alpha value is -2.37. The van der Waals surface area contributed by atoms with E-state index < -0.39 is 0 Å². The van der Waals surface area contributed by atoms with Crippen LogP contribution in [0.1, 0.15) is 16.9 Å². The molecule has 0 aliphatic carbocycles. The lowest BCUT2D eigenvalue weighted by atomic mass is 10.1. The Morgan fingerprint density at radius 2 is 1.96 bits per heavy atom. The van der Waals surface area contributed by atoms with Crippen LogP contribution in [0.25, 0.3) is 11.3 Å². The van der Waals surface area contributed by atoms with Crippen LogP contribution in [0.15, 0.2) is 68.6 Å². The van der Waals surface area contributed by atoms with Crippen molar-refractivity contribution >= 4 is 39.7 Å². The number of benzene rings is 2. The van der Waals surface area contributed by atoms with E-state index in [9.17, 15) is 4.79 Å². The van der Waals surface area contributed by atoms with E-state index in [2.05, 4.69) is 26.5 Å². The summed E-state index contributed by atoms with van der Waals surface area (Å²) >= 11 is 9.51. The number of hydrogen-bond donors (Lipinski definition) is 1. The van der Waals surface area contributed by atoms with E-state index in [4.69, 9.17) is 16.0 Å². The molecule has 3 aromatic rings. The lowest BCUT2D eigenvalue weighted by molar-refractivity contribution is -0.120. The predicted octanol–water partition coefficient (Wildman–Crippen LogP) is 5.36. The Bertz CT molecular complexity index is 949. The third-order valence-corrected chi connectivity index (χ3v) is 4.68. The van der Waals surface area contributed by atoms with E-state index in [1.54, 1.807) is 6.07 Å². The van der Waals surface area contributed by atoms with Gasteiger partial charge in [0.25, 0.3) is 0 Å². The van der Waals surface area contributed by atoms with Crippen molar-refractivity contribution in [2.24, 2.45) is 5.10 Å². The van der Waals surface area contributed by atoms with Crippen LogP contribution in [0.2, 0.25) is 5.02 Å². The third-order valence-electron chi connectivity index (χ3n) is 3.74. The topological polar surface area (TPSA) is 54.6 Å². The van der Waals surface area contributed by atoms with E-state index in [-0.39, 0.29) is 12.3 Å². The van der Waals surface area contributed by atoms with Gasteiger partial charge in [0.2, 0.25) is 5.91 Å². The molecule has 1 amide bonds. The molecule has 132 valence electrons. The zero-order valence-corrected chi connectivity index (χ0v) is 16.3. The second kappa shape index (κ2) is 8.34. The molecule has 0 bridgehead atoms. The molecular weight excluding hydrogens is 416 g/mol. The zero-order valence-electron chi connectivity index (χ0n) is 14.0. The number of furan rings is 1. The molecule has 26 heavy (non-hydrogen) atoms. The molecule has 0 spiro atoms. The molecule has 0 atom stereocenters. The molecule has 4 nitrogen and oxygen atoms in total. The van der Waals surface area contributed by atoms with Crippen LogP contribution in [0.5, 0.6) is 0 Å². The smallest absolute Gasteiger partial charge is 0.244 e. The molecular formula is C20H16BrClN2O2. The van der Waals surface area contributed by atoms with Gasteiger partial charge in [-0.3, -0.25) is 4.79 Å². The second-order valence-electron chi connectivity index (χ2n) is 5.76. The highest BCUT2D eigenvalue weighted by Gasteiger charge is 2.06. The minimum atomic E-state index is -0.194. The number of hydrogen-bond acceptors (Lipinski definition) is 3. The van der Waals surface area contributed by atoms with Gasteiger partial charge in [-0.2, -0.15) is 5.10 Å². The van der Waals surface area contributed by atoms with Crippen LogP contribution < -0.4 is 5.43 Å². The number of nitrogens with zero attached hydrogens (tertiary/aromatic N) is 1. The average Bonchev–Trinajstić information content (AvgIpc) is 3.08. The number of rotatable bonds is 5. The summed E-state index contributed by atoms with van der Waals surface area (Å²) in [6.07, 6.45) is 1.73. The molecule has 0 saturated carbocycles. The normalized spacial score (nSPS) is 11.0. The van der Waals surface area contributed by atoms with E-state index in [0.717, 1.165) is 21.2 Å². The van der Waals surface area contributed by atoms with Crippen molar-refractivity contribution < 1.29 is 9.21 Å². The van der Waals surface area contributed by atoms with Gasteiger partial charge in [-0.1, -0.05) is 51.8 Å². The van der Waals surface area contributed by atoms with E-state index >= 15 is 0 Å². The first-order chi connectivity index (χ1) is 12.5. The van der Waals surface area contributed by atoms with Crippen molar-refractivity contribution in [3.8, 4) is 11.3 Å². The van der Waals surface area contributed by atoms with E-state index in [1.165, 1.54) is 6.21 Å². The molecule has 0 aliphatic heterocycles. The summed E-state index contributed by atoms with van der Waals surface area (Å²) in [5.74, 6) is 1.04. The highest BCUT2D eigenvalue weighted by atomic mass is 79.9. The van der Waals surface area contributed by atoms with Crippen LogP contribution in [0.4, 0.5) is 0 Å². The summed E-state index contributed by atoms with van der Waals surface area (Å²) in [6.45, 7) is 1.95. The summed E-state index contributed by atoms with van der Waals surface area (Å²) in [4.78, 5) is 11.9. The Labute approximate surface area is 165 Å². The molecule has 2 aromatic carbocycles. The fraction of sp³-hybridized carbons (Fsp3) is 0.100. The first-order valence-corrected chi connectivity index (χ1v) is 9.11. The first-order valence-electron chi connectivity index (χ1n) is 7.94. The van der Waals surface area contributed by atoms with Crippen LogP contribution in [0.3, 0.4) is 0 Å². The third kappa shape index (κ3) is 4.84. The maximum absolute atomic E-state index is 11.9. The largest absolute Gasteiger partial charge is 0.455 e.